The summed E-state index contributed by atoms with van der Waals surface area (Å²) in [5.74, 6) is 0. The van der Waals surface area contributed by atoms with Crippen molar-refractivity contribution in [3.05, 3.63) is 0 Å². The first-order valence-corrected chi connectivity index (χ1v) is 12.8. The van der Waals surface area contributed by atoms with Crippen LogP contribution in [0.5, 0.6) is 0 Å². The van der Waals surface area contributed by atoms with Gasteiger partial charge in [-0.05, 0) is 0 Å². The summed E-state index contributed by atoms with van der Waals surface area (Å²) >= 11 is 0. The fraction of sp³-hybridized carbons (Fsp3) is 1.00. The average Bonchev–Trinajstić information content (AvgIpc) is 2.16. The molecule has 0 aromatic heterocycles. The highest BCUT2D eigenvalue weighted by molar-refractivity contribution is 7.50. The predicted molar refractivity (Wildman–Crippen MR) is 63.3 cm³/mol. The second-order valence-corrected chi connectivity index (χ2v) is 10.8. The lowest BCUT2D eigenvalue weighted by molar-refractivity contribution is -0.322. The van der Waals surface area contributed by atoms with Gasteiger partial charge in [0.2, 0.25) is 0 Å². The lowest BCUT2D eigenvalue weighted by atomic mass is 10.5. The molecule has 0 saturated carbocycles. The first-order chi connectivity index (χ1) is 10.4. The minimum absolute atomic E-state index is 0.315. The van der Waals surface area contributed by atoms with Crippen LogP contribution >= 0.6 is 30.4 Å². The Balaban J connectivity index is 5.07. The molecule has 0 aromatic rings. The lowest BCUT2D eigenvalue weighted by Gasteiger charge is -2.44. The first-order valence-electron chi connectivity index (χ1n) is 5.85. The zero-order chi connectivity index (χ0) is 19.4. The van der Waals surface area contributed by atoms with E-state index in [1.54, 1.807) is 0 Å². The van der Waals surface area contributed by atoms with Crippen molar-refractivity contribution in [2.24, 2.45) is 0 Å². The highest BCUT2D eigenvalue weighted by Gasteiger charge is 2.14. The molecule has 0 saturated heterocycles. The molecule has 0 N–H and O–H groups in total. The Hall–Kier alpha value is 0.520. The molecule has 0 aromatic carbocycles. The van der Waals surface area contributed by atoms with E-state index in [-0.39, 0.29) is 0 Å². The molecule has 0 radical (unpaired) electrons. The van der Waals surface area contributed by atoms with Gasteiger partial charge < -0.3 is 57.4 Å². The van der Waals surface area contributed by atoms with Crippen LogP contribution in [-0.2, 0) is 18.3 Å². The van der Waals surface area contributed by atoms with Crippen molar-refractivity contribution in [2.75, 3.05) is 38.2 Å². The third-order valence-corrected chi connectivity index (χ3v) is 5.21. The van der Waals surface area contributed by atoms with Gasteiger partial charge in [-0.1, -0.05) is 30.4 Å². The Morgan fingerprint density at radius 2 is 0.625 bits per heavy atom. The number of nitrogens with zero attached hydrogens (tertiary/aromatic N) is 2. The molecular formula is C6H12N2O12P4-8. The Bertz CT molecular complexity index is 486. The van der Waals surface area contributed by atoms with Crippen LogP contribution in [-0.4, -0.2) is 48.0 Å². The SMILES string of the molecule is O=P([O-])([O-])CN(CCN(CP(=O)([O-])[O-])CP(=O)([O-])[O-])CP(=O)([O-])[O-]. The van der Waals surface area contributed by atoms with Gasteiger partial charge in [-0.2, -0.15) is 0 Å². The molecule has 0 spiro atoms. The summed E-state index contributed by atoms with van der Waals surface area (Å²) < 4.78 is 42.7. The van der Waals surface area contributed by atoms with Crippen LogP contribution in [0, 0.1) is 0 Å². The van der Waals surface area contributed by atoms with Crippen LogP contribution in [0.2, 0.25) is 0 Å². The van der Waals surface area contributed by atoms with Crippen LogP contribution < -0.4 is 39.1 Å². The van der Waals surface area contributed by atoms with E-state index in [2.05, 4.69) is 0 Å². The Morgan fingerprint density at radius 1 is 0.458 bits per heavy atom. The molecule has 14 nitrogen and oxygen atoms in total. The summed E-state index contributed by atoms with van der Waals surface area (Å²) in [5, 5.41) is 0. The van der Waals surface area contributed by atoms with Crippen molar-refractivity contribution in [2.45, 2.75) is 0 Å². The van der Waals surface area contributed by atoms with Gasteiger partial charge in [-0.25, -0.2) is 0 Å². The van der Waals surface area contributed by atoms with Crippen LogP contribution in [0.1, 0.15) is 0 Å². The Labute approximate surface area is 136 Å². The third kappa shape index (κ3) is 16.0. The molecule has 24 heavy (non-hydrogen) atoms. The van der Waals surface area contributed by atoms with Gasteiger partial charge in [0.25, 0.3) is 0 Å². The normalized spacial score (nSPS) is 14.6. The number of rotatable bonds is 11. The first kappa shape index (κ1) is 24.5. The average molecular weight is 428 g/mol. The molecule has 0 bridgehead atoms. The molecule has 0 fully saturated rings. The molecule has 0 aliphatic carbocycles. The van der Waals surface area contributed by atoms with E-state index in [1.807, 2.05) is 0 Å². The van der Waals surface area contributed by atoms with E-state index < -0.39 is 68.6 Å². The second kappa shape index (κ2) is 8.94. The Kier molecular flexibility index (Phi) is 9.14. The van der Waals surface area contributed by atoms with Gasteiger partial charge in [0.1, 0.15) is 0 Å². The smallest absolute Gasteiger partial charge is 0.0264 e. The number of hydrogen-bond donors (Lipinski definition) is 0. The largest absolute Gasteiger partial charge is 0.810 e. The highest BCUT2D eigenvalue weighted by Crippen LogP contribution is 2.32. The molecule has 18 heteroatoms. The summed E-state index contributed by atoms with van der Waals surface area (Å²) in [6.45, 7) is -1.55. The van der Waals surface area contributed by atoms with E-state index >= 15 is 0 Å². The molecule has 0 aliphatic rings. The van der Waals surface area contributed by atoms with E-state index in [0.29, 0.717) is 9.80 Å². The van der Waals surface area contributed by atoms with Gasteiger partial charge in [0, 0.05) is 38.2 Å². The van der Waals surface area contributed by atoms with Crippen LogP contribution in [0.15, 0.2) is 0 Å². The standard InChI is InChI=1S/C6H20N2O12P4/c9-21(10,11)3-7(4-22(12,13)14)1-2-8(5-23(15,16)17)6-24(18,19)20/h1-6H2,(H2,9,10,11)(H2,12,13,14)(H2,15,16,17)(H2,18,19,20)/p-8. The van der Waals surface area contributed by atoms with Crippen molar-refractivity contribution >= 4 is 30.4 Å². The number of hydrogen-bond acceptors (Lipinski definition) is 14. The zero-order valence-electron chi connectivity index (χ0n) is 11.8. The van der Waals surface area contributed by atoms with Crippen molar-refractivity contribution in [1.29, 1.82) is 0 Å². The summed E-state index contributed by atoms with van der Waals surface area (Å²) in [6.07, 6.45) is -5.63. The van der Waals surface area contributed by atoms with Gasteiger partial charge >= 0.3 is 0 Å². The quantitative estimate of drug-likeness (QED) is 0.277. The fourth-order valence-corrected chi connectivity index (χ4v) is 4.88. The summed E-state index contributed by atoms with van der Waals surface area (Å²) in [7, 11) is -21.2. The molecule has 0 atom stereocenters. The molecule has 0 aliphatic heterocycles. The Morgan fingerprint density at radius 3 is 0.750 bits per heavy atom. The van der Waals surface area contributed by atoms with E-state index in [9.17, 15) is 57.4 Å². The molecular weight excluding hydrogens is 416 g/mol. The molecule has 146 valence electrons. The second-order valence-electron chi connectivity index (χ2n) is 4.80. The van der Waals surface area contributed by atoms with Crippen LogP contribution in [0.4, 0.5) is 0 Å². The molecule has 0 rings (SSSR count). The summed E-state index contributed by atoms with van der Waals surface area (Å²) in [6, 6.07) is 0. The van der Waals surface area contributed by atoms with Gasteiger partial charge in [-0.15, -0.1) is 0 Å². The maximum absolute atomic E-state index is 10.7. The van der Waals surface area contributed by atoms with Crippen molar-refractivity contribution in [3.63, 3.8) is 0 Å². The monoisotopic (exact) mass is 428 g/mol. The molecule has 0 heterocycles. The highest BCUT2D eigenvalue weighted by atomic mass is 31.2. The maximum Gasteiger partial charge on any atom is 0.0264 e. The topological polar surface area (TPSA) is 259 Å². The maximum atomic E-state index is 10.7. The van der Waals surface area contributed by atoms with Crippen molar-refractivity contribution < 1.29 is 57.4 Å². The fourth-order valence-electron chi connectivity index (χ4n) is 1.63. The van der Waals surface area contributed by atoms with Gasteiger partial charge in [0.15, 0.2) is 0 Å². The minimum atomic E-state index is -5.30. The van der Waals surface area contributed by atoms with Crippen LogP contribution in [0.25, 0.3) is 0 Å². The van der Waals surface area contributed by atoms with Crippen molar-refractivity contribution in [1.82, 2.24) is 9.80 Å². The summed E-state index contributed by atoms with van der Waals surface area (Å²) in [4.78, 5) is 85.9. The lowest BCUT2D eigenvalue weighted by Crippen LogP contribution is -2.43. The molecule has 0 unspecified atom stereocenters. The third-order valence-electron chi connectivity index (χ3n) is 2.23. The van der Waals surface area contributed by atoms with Crippen molar-refractivity contribution in [3.8, 4) is 0 Å². The van der Waals surface area contributed by atoms with E-state index in [4.69, 9.17) is 0 Å². The van der Waals surface area contributed by atoms with Crippen LogP contribution in [0.3, 0.4) is 0 Å². The zero-order valence-corrected chi connectivity index (χ0v) is 15.4. The van der Waals surface area contributed by atoms with Gasteiger partial charge in [0.05, 0.1) is 0 Å². The van der Waals surface area contributed by atoms with Gasteiger partial charge in [-0.3, -0.25) is 9.80 Å². The van der Waals surface area contributed by atoms with E-state index in [1.165, 1.54) is 0 Å². The molecule has 0 amide bonds. The summed E-state index contributed by atoms with van der Waals surface area (Å²) in [5.41, 5.74) is 0. The predicted octanol–water partition coefficient (Wildman–Crippen LogP) is -6.92. The minimum Gasteiger partial charge on any atom is -0.810 e. The van der Waals surface area contributed by atoms with E-state index in [0.717, 1.165) is 0 Å².